The second kappa shape index (κ2) is 8.42. The van der Waals surface area contributed by atoms with Crippen molar-refractivity contribution in [2.75, 3.05) is 5.32 Å². The van der Waals surface area contributed by atoms with E-state index in [1.54, 1.807) is 24.3 Å². The summed E-state index contributed by atoms with van der Waals surface area (Å²) in [6, 6.07) is 11.6. The lowest BCUT2D eigenvalue weighted by atomic mass is 10.1. The molecular weight excluding hydrogens is 349 g/mol. The van der Waals surface area contributed by atoms with Crippen molar-refractivity contribution in [3.8, 4) is 0 Å². The molecule has 4 nitrogen and oxygen atoms in total. The topological polar surface area (TPSA) is 53.2 Å². The fraction of sp³-hybridized carbons (Fsp3) is 0.0588. The van der Waals surface area contributed by atoms with Gasteiger partial charge in [-0.3, -0.25) is 15.6 Å². The minimum absolute atomic E-state index is 0.0697. The number of nitrogens with one attached hydrogen (secondary N) is 3. The Hall–Kier alpha value is -2.44. The van der Waals surface area contributed by atoms with E-state index in [9.17, 15) is 9.18 Å². The molecule has 2 aromatic rings. The fourth-order valence-electron chi connectivity index (χ4n) is 1.76. The number of halogens is 2. The third-order valence-corrected chi connectivity index (χ3v) is 3.66. The fourth-order valence-corrected chi connectivity index (χ4v) is 2.11. The van der Waals surface area contributed by atoms with Crippen LogP contribution in [0.5, 0.6) is 0 Å². The number of carbonyl (C=O) groups is 1. The molecule has 0 radical (unpaired) electrons. The maximum atomic E-state index is 13.5. The first-order valence-electron chi connectivity index (χ1n) is 7.01. The second-order valence-electron chi connectivity index (χ2n) is 4.89. The molecule has 0 atom stereocenters. The van der Waals surface area contributed by atoms with Crippen LogP contribution < -0.4 is 16.2 Å². The first kappa shape index (κ1) is 17.9. The van der Waals surface area contributed by atoms with Crippen molar-refractivity contribution in [1.82, 2.24) is 10.9 Å². The number of hydrogen-bond acceptors (Lipinski definition) is 2. The molecule has 24 heavy (non-hydrogen) atoms. The van der Waals surface area contributed by atoms with E-state index >= 15 is 0 Å². The second-order valence-corrected chi connectivity index (χ2v) is 5.71. The Morgan fingerprint density at radius 3 is 2.67 bits per heavy atom. The van der Waals surface area contributed by atoms with Crippen LogP contribution in [0, 0.1) is 12.7 Å². The molecular formula is C17H15ClFN3OS. The van der Waals surface area contributed by atoms with Gasteiger partial charge in [-0.2, -0.15) is 0 Å². The number of para-hydroxylation sites is 1. The number of carbonyl (C=O) groups excluding carboxylic acids is 1. The van der Waals surface area contributed by atoms with Gasteiger partial charge in [-0.05, 0) is 54.5 Å². The highest BCUT2D eigenvalue weighted by atomic mass is 35.5. The number of thiocarbonyl (C=S) groups is 1. The van der Waals surface area contributed by atoms with Gasteiger partial charge < -0.3 is 5.32 Å². The summed E-state index contributed by atoms with van der Waals surface area (Å²) in [5, 5.41) is 3.34. The van der Waals surface area contributed by atoms with Crippen LogP contribution in [-0.4, -0.2) is 11.0 Å². The van der Waals surface area contributed by atoms with E-state index in [1.807, 2.05) is 19.1 Å². The highest BCUT2D eigenvalue weighted by Crippen LogP contribution is 2.17. The van der Waals surface area contributed by atoms with Crippen molar-refractivity contribution in [3.05, 3.63) is 70.5 Å². The third-order valence-electron chi connectivity index (χ3n) is 3.04. The Bertz CT molecular complexity index is 795. The first-order chi connectivity index (χ1) is 11.5. The van der Waals surface area contributed by atoms with Gasteiger partial charge in [0.05, 0.1) is 5.69 Å². The lowest BCUT2D eigenvalue weighted by Crippen LogP contribution is -2.43. The zero-order valence-corrected chi connectivity index (χ0v) is 14.3. The van der Waals surface area contributed by atoms with E-state index in [4.69, 9.17) is 23.8 Å². The van der Waals surface area contributed by atoms with E-state index in [1.165, 1.54) is 18.2 Å². The van der Waals surface area contributed by atoms with E-state index in [0.29, 0.717) is 5.02 Å². The number of hydrogen-bond donors (Lipinski definition) is 3. The Labute approximate surface area is 149 Å². The van der Waals surface area contributed by atoms with Crippen molar-refractivity contribution >= 4 is 46.6 Å². The maximum absolute atomic E-state index is 13.5. The van der Waals surface area contributed by atoms with Crippen molar-refractivity contribution in [2.45, 2.75) is 6.92 Å². The van der Waals surface area contributed by atoms with Crippen LogP contribution in [0.3, 0.4) is 0 Å². The number of rotatable bonds is 3. The van der Waals surface area contributed by atoms with Crippen molar-refractivity contribution in [3.63, 3.8) is 0 Å². The Kier molecular flexibility index (Phi) is 6.28. The maximum Gasteiger partial charge on any atom is 0.262 e. The first-order valence-corrected chi connectivity index (χ1v) is 7.80. The predicted octanol–water partition coefficient (Wildman–Crippen LogP) is 3.82. The van der Waals surface area contributed by atoms with Gasteiger partial charge in [0.2, 0.25) is 0 Å². The molecule has 1 amide bonds. The van der Waals surface area contributed by atoms with E-state index < -0.39 is 11.7 Å². The summed E-state index contributed by atoms with van der Waals surface area (Å²) in [6.07, 6.45) is 2.95. The van der Waals surface area contributed by atoms with Gasteiger partial charge in [-0.25, -0.2) is 4.39 Å². The summed E-state index contributed by atoms with van der Waals surface area (Å²) >= 11 is 11.0. The molecule has 0 bridgehead atoms. The van der Waals surface area contributed by atoms with Gasteiger partial charge in [-0.15, -0.1) is 0 Å². The molecule has 0 heterocycles. The van der Waals surface area contributed by atoms with Gasteiger partial charge in [0.15, 0.2) is 5.11 Å². The van der Waals surface area contributed by atoms with E-state index in [-0.39, 0.29) is 10.8 Å². The Morgan fingerprint density at radius 1 is 1.21 bits per heavy atom. The molecule has 0 aliphatic heterocycles. The average Bonchev–Trinajstić information content (AvgIpc) is 2.56. The number of amides is 1. The lowest BCUT2D eigenvalue weighted by molar-refractivity contribution is -0.116. The zero-order chi connectivity index (χ0) is 17.5. The largest absolute Gasteiger partial charge is 0.329 e. The third kappa shape index (κ3) is 5.33. The van der Waals surface area contributed by atoms with E-state index in [0.717, 1.165) is 11.1 Å². The van der Waals surface area contributed by atoms with Crippen molar-refractivity contribution in [1.29, 1.82) is 0 Å². The monoisotopic (exact) mass is 363 g/mol. The molecule has 0 spiro atoms. The van der Waals surface area contributed by atoms with Gasteiger partial charge >= 0.3 is 0 Å². The molecule has 0 unspecified atom stereocenters. The number of benzene rings is 2. The minimum atomic E-state index is -0.441. The summed E-state index contributed by atoms with van der Waals surface area (Å²) in [7, 11) is 0. The number of aryl methyl sites for hydroxylation is 1. The van der Waals surface area contributed by atoms with Crippen LogP contribution in [0.4, 0.5) is 10.1 Å². The van der Waals surface area contributed by atoms with E-state index in [2.05, 4.69) is 16.2 Å². The molecule has 3 N–H and O–H groups in total. The van der Waals surface area contributed by atoms with Crippen LogP contribution >= 0.6 is 23.8 Å². The zero-order valence-electron chi connectivity index (χ0n) is 12.8. The Morgan fingerprint density at radius 2 is 1.96 bits per heavy atom. The van der Waals surface area contributed by atoms with Gasteiger partial charge in [-0.1, -0.05) is 35.9 Å². The summed E-state index contributed by atoms with van der Waals surface area (Å²) in [6.45, 7) is 1.90. The molecule has 0 aliphatic rings. The highest BCUT2D eigenvalue weighted by molar-refractivity contribution is 7.80. The summed E-state index contributed by atoms with van der Waals surface area (Å²) in [5.74, 6) is -0.853. The van der Waals surface area contributed by atoms with Crippen molar-refractivity contribution < 1.29 is 9.18 Å². The highest BCUT2D eigenvalue weighted by Gasteiger charge is 2.03. The van der Waals surface area contributed by atoms with Crippen LogP contribution in [0.15, 0.2) is 48.5 Å². The molecule has 7 heteroatoms. The Balaban J connectivity index is 1.84. The summed E-state index contributed by atoms with van der Waals surface area (Å²) in [5.41, 5.74) is 6.85. The average molecular weight is 364 g/mol. The van der Waals surface area contributed by atoms with Gasteiger partial charge in [0.1, 0.15) is 5.82 Å². The summed E-state index contributed by atoms with van der Waals surface area (Å²) in [4.78, 5) is 11.7. The molecule has 0 aliphatic carbocycles. The van der Waals surface area contributed by atoms with Gasteiger partial charge in [0.25, 0.3) is 5.91 Å². The number of hydrazine groups is 1. The van der Waals surface area contributed by atoms with Gasteiger partial charge in [0, 0.05) is 11.1 Å². The molecule has 0 saturated carbocycles. The molecule has 2 rings (SSSR count). The molecule has 2 aromatic carbocycles. The van der Waals surface area contributed by atoms with Crippen molar-refractivity contribution in [2.24, 2.45) is 0 Å². The minimum Gasteiger partial charge on any atom is -0.329 e. The van der Waals surface area contributed by atoms with Crippen LogP contribution in [0.2, 0.25) is 5.02 Å². The molecule has 0 saturated heterocycles. The van der Waals surface area contributed by atoms with Crippen LogP contribution in [0.1, 0.15) is 11.1 Å². The predicted molar refractivity (Wildman–Crippen MR) is 99.1 cm³/mol. The van der Waals surface area contributed by atoms with Crippen LogP contribution in [-0.2, 0) is 4.79 Å². The standard InChI is InChI=1S/C17H15ClFN3OS/c1-11-6-7-12(10-13(11)18)8-9-16(23)21-22-17(24)20-15-5-3-2-4-14(15)19/h2-10H,1H3,(H,21,23)(H2,20,22,24)/b9-8+. The lowest BCUT2D eigenvalue weighted by Gasteiger charge is -2.10. The SMILES string of the molecule is Cc1ccc(/C=C/C(=O)NNC(=S)Nc2ccccc2F)cc1Cl. The smallest absolute Gasteiger partial charge is 0.262 e. The number of anilines is 1. The normalized spacial score (nSPS) is 10.5. The quantitative estimate of drug-likeness (QED) is 0.441. The molecule has 0 aromatic heterocycles. The summed E-state index contributed by atoms with van der Waals surface area (Å²) < 4.78 is 13.5. The molecule has 124 valence electrons. The molecule has 0 fully saturated rings. The van der Waals surface area contributed by atoms with Crippen LogP contribution in [0.25, 0.3) is 6.08 Å².